The molecule has 2 aliphatic heterocycles. The Morgan fingerprint density at radius 3 is 2.62 bits per heavy atom. The van der Waals surface area contributed by atoms with Crippen LogP contribution in [0.4, 0.5) is 0 Å². The van der Waals surface area contributed by atoms with Crippen LogP contribution in [0.3, 0.4) is 0 Å². The maximum Gasteiger partial charge on any atom is 0.140 e. The first-order valence-electron chi connectivity index (χ1n) is 11.6. The monoisotopic (exact) mass is 448 g/mol. The second-order valence-electron chi connectivity index (χ2n) is 9.41. The van der Waals surface area contributed by atoms with Crippen molar-refractivity contribution in [3.05, 3.63) is 57.6 Å². The van der Waals surface area contributed by atoms with E-state index in [-0.39, 0.29) is 0 Å². The number of hydrogen-bond acceptors (Lipinski definition) is 4. The Hall–Kier alpha value is -2.41. The molecule has 1 N–H and O–H groups in total. The molecule has 32 heavy (non-hydrogen) atoms. The van der Waals surface area contributed by atoms with E-state index in [4.69, 9.17) is 16.6 Å². The van der Waals surface area contributed by atoms with Crippen molar-refractivity contribution < 1.29 is 0 Å². The Morgan fingerprint density at radius 2 is 1.72 bits per heavy atom. The molecule has 0 unspecified atom stereocenters. The Kier molecular flexibility index (Phi) is 4.97. The molecule has 6 rings (SSSR count). The average Bonchev–Trinajstić information content (AvgIpc) is 3.05. The number of aromatic amines is 1. The maximum atomic E-state index is 6.26. The van der Waals surface area contributed by atoms with E-state index in [1.165, 1.54) is 38.9 Å². The molecule has 0 amide bonds. The van der Waals surface area contributed by atoms with Crippen molar-refractivity contribution >= 4 is 33.7 Å². The standard InChI is InChI=1S/C25H29ClN6/c1-30-7-3-18-20-11-16(13-27-24(20)29-22(18)5-8-30)15-32-9-4-19-21-12-17(26)14-28-25(21)31(2)23(19)6-10-32/h11-14H,3-10,15H2,1-2H3,(H,27,29). The molecule has 0 saturated heterocycles. The van der Waals surface area contributed by atoms with Crippen LogP contribution in [-0.4, -0.2) is 62.5 Å². The molecule has 0 radical (unpaired) electrons. The van der Waals surface area contributed by atoms with Crippen molar-refractivity contribution in [2.45, 2.75) is 32.2 Å². The van der Waals surface area contributed by atoms with Gasteiger partial charge in [0, 0.05) is 87.2 Å². The van der Waals surface area contributed by atoms with Crippen LogP contribution in [0.5, 0.6) is 0 Å². The summed E-state index contributed by atoms with van der Waals surface area (Å²) in [5, 5.41) is 3.24. The molecule has 7 heteroatoms. The summed E-state index contributed by atoms with van der Waals surface area (Å²) in [5.74, 6) is 0. The highest BCUT2D eigenvalue weighted by Gasteiger charge is 2.22. The number of aromatic nitrogens is 4. The van der Waals surface area contributed by atoms with Crippen LogP contribution in [0.2, 0.25) is 5.02 Å². The van der Waals surface area contributed by atoms with E-state index in [2.05, 4.69) is 56.8 Å². The van der Waals surface area contributed by atoms with Gasteiger partial charge < -0.3 is 14.5 Å². The van der Waals surface area contributed by atoms with Gasteiger partial charge in [0.25, 0.3) is 0 Å². The lowest BCUT2D eigenvalue weighted by Crippen LogP contribution is -2.26. The highest BCUT2D eigenvalue weighted by molar-refractivity contribution is 6.31. The van der Waals surface area contributed by atoms with Gasteiger partial charge in [-0.05, 0) is 48.7 Å². The van der Waals surface area contributed by atoms with E-state index >= 15 is 0 Å². The largest absolute Gasteiger partial charge is 0.343 e. The van der Waals surface area contributed by atoms with Crippen molar-refractivity contribution in [2.24, 2.45) is 7.05 Å². The number of rotatable bonds is 2. The number of halogens is 1. The zero-order valence-electron chi connectivity index (χ0n) is 18.8. The molecule has 0 aliphatic carbocycles. The molecule has 166 valence electrons. The van der Waals surface area contributed by atoms with Gasteiger partial charge in [-0.1, -0.05) is 11.6 Å². The van der Waals surface area contributed by atoms with Gasteiger partial charge in [-0.2, -0.15) is 0 Å². The summed E-state index contributed by atoms with van der Waals surface area (Å²) < 4.78 is 2.25. The first kappa shape index (κ1) is 20.2. The Labute approximate surface area is 193 Å². The van der Waals surface area contributed by atoms with Crippen molar-refractivity contribution in [1.29, 1.82) is 0 Å². The fourth-order valence-corrected chi connectivity index (χ4v) is 5.75. The molecule has 0 fully saturated rings. The molecule has 4 aromatic heterocycles. The Morgan fingerprint density at radius 1 is 0.906 bits per heavy atom. The predicted molar refractivity (Wildman–Crippen MR) is 129 cm³/mol. The second kappa shape index (κ2) is 7.87. The van der Waals surface area contributed by atoms with Crippen molar-refractivity contribution in [3.63, 3.8) is 0 Å². The Bertz CT molecular complexity index is 1320. The van der Waals surface area contributed by atoms with E-state index in [9.17, 15) is 0 Å². The lowest BCUT2D eigenvalue weighted by atomic mass is 10.1. The SMILES string of the molecule is CN1CCc2[nH]c3ncc(CN4CCc5c(n(C)c6ncc(Cl)cc56)CC4)cc3c2CC1. The van der Waals surface area contributed by atoms with Crippen LogP contribution < -0.4 is 0 Å². The average molecular weight is 449 g/mol. The van der Waals surface area contributed by atoms with Gasteiger partial charge >= 0.3 is 0 Å². The summed E-state index contributed by atoms with van der Waals surface area (Å²) in [5.41, 5.74) is 9.04. The molecular formula is C25H29ClN6. The summed E-state index contributed by atoms with van der Waals surface area (Å²) in [6.45, 7) is 5.23. The summed E-state index contributed by atoms with van der Waals surface area (Å²) in [4.78, 5) is 17.9. The highest BCUT2D eigenvalue weighted by Crippen LogP contribution is 2.30. The van der Waals surface area contributed by atoms with Gasteiger partial charge in [0.15, 0.2) is 0 Å². The molecule has 0 spiro atoms. The third kappa shape index (κ3) is 3.41. The summed E-state index contributed by atoms with van der Waals surface area (Å²) in [6, 6.07) is 4.45. The third-order valence-corrected chi connectivity index (χ3v) is 7.58. The van der Waals surface area contributed by atoms with Crippen molar-refractivity contribution in [2.75, 3.05) is 33.2 Å². The van der Waals surface area contributed by atoms with E-state index in [1.807, 2.05) is 0 Å². The quantitative estimate of drug-likeness (QED) is 0.507. The lowest BCUT2D eigenvalue weighted by molar-refractivity contribution is 0.278. The number of likely N-dealkylation sites (N-methyl/N-ethyl adjacent to an activating group) is 1. The minimum Gasteiger partial charge on any atom is -0.343 e. The number of H-pyrrole nitrogens is 1. The normalized spacial score (nSPS) is 18.0. The molecule has 0 aromatic carbocycles. The van der Waals surface area contributed by atoms with Gasteiger partial charge in [0.2, 0.25) is 0 Å². The molecule has 6 nitrogen and oxygen atoms in total. The summed E-state index contributed by atoms with van der Waals surface area (Å²) in [7, 11) is 4.34. The van der Waals surface area contributed by atoms with Crippen LogP contribution >= 0.6 is 11.6 Å². The first-order chi connectivity index (χ1) is 15.6. The van der Waals surface area contributed by atoms with Crippen LogP contribution in [0.1, 0.15) is 28.1 Å². The molecule has 0 saturated carbocycles. The number of nitrogens with one attached hydrogen (secondary N) is 1. The van der Waals surface area contributed by atoms with Crippen molar-refractivity contribution in [1.82, 2.24) is 29.3 Å². The third-order valence-electron chi connectivity index (χ3n) is 7.37. The van der Waals surface area contributed by atoms with E-state index in [0.717, 1.165) is 69.7 Å². The second-order valence-corrected chi connectivity index (χ2v) is 9.85. The van der Waals surface area contributed by atoms with Gasteiger partial charge in [0.05, 0.1) is 5.02 Å². The zero-order valence-corrected chi connectivity index (χ0v) is 19.5. The first-order valence-corrected chi connectivity index (χ1v) is 12.0. The molecule has 0 atom stereocenters. The van der Waals surface area contributed by atoms with E-state index < -0.39 is 0 Å². The fourth-order valence-electron chi connectivity index (χ4n) is 5.59. The van der Waals surface area contributed by atoms with Crippen LogP contribution in [0.15, 0.2) is 24.5 Å². The predicted octanol–water partition coefficient (Wildman–Crippen LogP) is 3.73. The molecule has 4 aromatic rings. The lowest BCUT2D eigenvalue weighted by Gasteiger charge is -2.20. The summed E-state index contributed by atoms with van der Waals surface area (Å²) >= 11 is 6.26. The fraction of sp³-hybridized carbons (Fsp3) is 0.440. The summed E-state index contributed by atoms with van der Waals surface area (Å²) in [6.07, 6.45) is 8.03. The highest BCUT2D eigenvalue weighted by atomic mass is 35.5. The van der Waals surface area contributed by atoms with Crippen molar-refractivity contribution in [3.8, 4) is 0 Å². The van der Waals surface area contributed by atoms with Gasteiger partial charge in [0.1, 0.15) is 11.3 Å². The molecule has 6 heterocycles. The van der Waals surface area contributed by atoms with Crippen LogP contribution in [-0.2, 0) is 39.3 Å². The molecule has 0 bridgehead atoms. The van der Waals surface area contributed by atoms with Gasteiger partial charge in [-0.15, -0.1) is 0 Å². The van der Waals surface area contributed by atoms with Gasteiger partial charge in [-0.3, -0.25) is 4.90 Å². The minimum atomic E-state index is 0.711. The van der Waals surface area contributed by atoms with E-state index in [0.29, 0.717) is 5.02 Å². The molecule has 2 aliphatic rings. The van der Waals surface area contributed by atoms with E-state index in [1.54, 1.807) is 6.20 Å². The topological polar surface area (TPSA) is 53.0 Å². The van der Waals surface area contributed by atoms with Crippen LogP contribution in [0.25, 0.3) is 22.1 Å². The van der Waals surface area contributed by atoms with Gasteiger partial charge in [-0.25, -0.2) is 9.97 Å². The smallest absolute Gasteiger partial charge is 0.140 e. The number of nitrogens with zero attached hydrogens (tertiary/aromatic N) is 5. The Balaban J connectivity index is 1.25. The zero-order chi connectivity index (χ0) is 21.8. The number of aryl methyl sites for hydroxylation is 1. The number of hydrogen-bond donors (Lipinski definition) is 1. The number of fused-ring (bicyclic) bond motifs is 6. The number of pyridine rings is 2. The van der Waals surface area contributed by atoms with Crippen LogP contribution in [0, 0.1) is 0 Å². The molecular weight excluding hydrogens is 420 g/mol. The minimum absolute atomic E-state index is 0.711. The maximum absolute atomic E-state index is 6.26.